The highest BCUT2D eigenvalue weighted by Crippen LogP contribution is 2.33. The van der Waals surface area contributed by atoms with Gasteiger partial charge in [-0.05, 0) is 29.8 Å². The second-order valence-electron chi connectivity index (χ2n) is 6.21. The lowest BCUT2D eigenvalue weighted by atomic mass is 9.93. The van der Waals surface area contributed by atoms with Crippen LogP contribution in [0, 0.1) is 11.7 Å². The van der Waals surface area contributed by atoms with Crippen LogP contribution >= 0.6 is 0 Å². The summed E-state index contributed by atoms with van der Waals surface area (Å²) in [6.07, 6.45) is -1.28. The van der Waals surface area contributed by atoms with E-state index in [1.54, 1.807) is 6.92 Å². The predicted octanol–water partition coefficient (Wildman–Crippen LogP) is 1.94. The van der Waals surface area contributed by atoms with E-state index in [2.05, 4.69) is 5.16 Å². The Hall–Kier alpha value is -3.07. The fraction of sp³-hybridized carbons (Fsp3) is 0.167. The van der Waals surface area contributed by atoms with Gasteiger partial charge in [-0.15, -0.1) is 0 Å². The molecule has 0 saturated carbocycles. The molecule has 0 aliphatic carbocycles. The smallest absolute Gasteiger partial charge is 0.288 e. The minimum atomic E-state index is -4.29. The van der Waals surface area contributed by atoms with Crippen molar-refractivity contribution in [3.8, 4) is 0 Å². The van der Waals surface area contributed by atoms with E-state index in [9.17, 15) is 22.4 Å². The molecule has 2 amide bonds. The average Bonchev–Trinajstić information content (AvgIpc) is 3.12. The molecule has 0 spiro atoms. The molecule has 0 bridgehead atoms. The van der Waals surface area contributed by atoms with Gasteiger partial charge in [-0.25, -0.2) is 12.8 Å². The molecule has 2 aliphatic rings. The highest BCUT2D eigenvalue weighted by atomic mass is 32.2. The maximum absolute atomic E-state index is 13.1. The van der Waals surface area contributed by atoms with Crippen LogP contribution in [0.15, 0.2) is 58.6 Å². The summed E-state index contributed by atoms with van der Waals surface area (Å²) in [6, 6.07) is 11.1. The maximum Gasteiger partial charge on any atom is 0.288 e. The Morgan fingerprint density at radius 3 is 2.48 bits per heavy atom. The molecule has 0 radical (unpaired) electrons. The first-order valence-electron chi connectivity index (χ1n) is 8.04. The fourth-order valence-electron chi connectivity index (χ4n) is 3.15. The molecule has 4 rings (SSSR count). The molecule has 2 aliphatic heterocycles. The van der Waals surface area contributed by atoms with Crippen LogP contribution in [0.4, 0.5) is 4.39 Å². The summed E-state index contributed by atoms with van der Waals surface area (Å²) in [7, 11) is -4.29. The molecule has 0 fully saturated rings. The molecule has 2 atom stereocenters. The largest absolute Gasteiger partial charge is 0.381 e. The molecule has 7 nitrogen and oxygen atoms in total. The molecular weight excluding hydrogens is 375 g/mol. The van der Waals surface area contributed by atoms with Crippen LogP contribution in [0.5, 0.6) is 0 Å². The Labute approximate surface area is 154 Å². The third-order valence-corrected chi connectivity index (χ3v) is 6.29. The summed E-state index contributed by atoms with van der Waals surface area (Å²) in [5.74, 6) is -2.98. The number of carbonyl (C=O) groups is 2. The van der Waals surface area contributed by atoms with Crippen LogP contribution < -0.4 is 0 Å². The van der Waals surface area contributed by atoms with Gasteiger partial charge in [-0.1, -0.05) is 36.3 Å². The standard InChI is InChI=1S/C18H13FN2O5S/c1-10-15(11-6-8-12(19)9-7-11)20-26-16(10)18(23)21-17(22)13-4-2-3-5-14(13)27(21,24)25/h2-10,16H,1H3. The van der Waals surface area contributed by atoms with E-state index in [4.69, 9.17) is 4.84 Å². The first kappa shape index (κ1) is 17.3. The quantitative estimate of drug-likeness (QED) is 0.733. The summed E-state index contributed by atoms with van der Waals surface area (Å²) in [4.78, 5) is 30.3. The van der Waals surface area contributed by atoms with Crippen molar-refractivity contribution in [2.24, 2.45) is 11.1 Å². The average molecular weight is 388 g/mol. The normalized spacial score (nSPS) is 23.0. The Morgan fingerprint density at radius 1 is 1.15 bits per heavy atom. The van der Waals surface area contributed by atoms with Gasteiger partial charge in [-0.3, -0.25) is 9.59 Å². The summed E-state index contributed by atoms with van der Waals surface area (Å²) < 4.78 is 38.6. The van der Waals surface area contributed by atoms with Crippen molar-refractivity contribution in [3.05, 3.63) is 65.5 Å². The summed E-state index contributed by atoms with van der Waals surface area (Å²) >= 11 is 0. The van der Waals surface area contributed by atoms with Crippen LogP contribution in [0.2, 0.25) is 0 Å². The Bertz CT molecular complexity index is 1090. The molecule has 0 aromatic heterocycles. The van der Waals surface area contributed by atoms with Crippen LogP contribution in [0.25, 0.3) is 0 Å². The van der Waals surface area contributed by atoms with Crippen molar-refractivity contribution in [2.45, 2.75) is 17.9 Å². The van der Waals surface area contributed by atoms with Crippen molar-refractivity contribution in [2.75, 3.05) is 0 Å². The first-order chi connectivity index (χ1) is 12.8. The van der Waals surface area contributed by atoms with Crippen molar-refractivity contribution in [3.63, 3.8) is 0 Å². The van der Waals surface area contributed by atoms with Crippen molar-refractivity contribution in [1.29, 1.82) is 0 Å². The number of nitrogens with zero attached hydrogens (tertiary/aromatic N) is 2. The Kier molecular flexibility index (Phi) is 3.84. The number of carbonyl (C=O) groups excluding carboxylic acids is 2. The van der Waals surface area contributed by atoms with Crippen LogP contribution in [-0.4, -0.2) is 36.4 Å². The van der Waals surface area contributed by atoms with Crippen LogP contribution in [-0.2, 0) is 19.7 Å². The van der Waals surface area contributed by atoms with E-state index in [-0.39, 0.29) is 14.8 Å². The molecule has 138 valence electrons. The van der Waals surface area contributed by atoms with Crippen LogP contribution in [0.1, 0.15) is 22.8 Å². The Morgan fingerprint density at radius 2 is 1.81 bits per heavy atom. The van der Waals surface area contributed by atoms with Gasteiger partial charge in [-0.2, -0.15) is 4.31 Å². The molecule has 27 heavy (non-hydrogen) atoms. The number of sulfonamides is 1. The molecule has 9 heteroatoms. The third kappa shape index (κ3) is 2.54. The Balaban J connectivity index is 1.64. The number of amides is 2. The maximum atomic E-state index is 13.1. The number of oxime groups is 1. The minimum absolute atomic E-state index is 0.0591. The number of rotatable bonds is 2. The lowest BCUT2D eigenvalue weighted by Crippen LogP contribution is -2.45. The number of benzene rings is 2. The predicted molar refractivity (Wildman–Crippen MR) is 91.8 cm³/mol. The minimum Gasteiger partial charge on any atom is -0.381 e. The van der Waals surface area contributed by atoms with E-state index in [0.717, 1.165) is 0 Å². The van der Waals surface area contributed by atoms with Gasteiger partial charge >= 0.3 is 0 Å². The lowest BCUT2D eigenvalue weighted by molar-refractivity contribution is -0.136. The number of fused-ring (bicyclic) bond motifs is 1. The second-order valence-corrected chi connectivity index (χ2v) is 7.96. The topological polar surface area (TPSA) is 93.1 Å². The zero-order chi connectivity index (χ0) is 19.3. The highest BCUT2D eigenvalue weighted by Gasteiger charge is 2.50. The summed E-state index contributed by atoms with van der Waals surface area (Å²) in [6.45, 7) is 1.62. The van der Waals surface area contributed by atoms with Gasteiger partial charge in [0.25, 0.3) is 21.8 Å². The van der Waals surface area contributed by atoms with Crippen molar-refractivity contribution in [1.82, 2.24) is 4.31 Å². The van der Waals surface area contributed by atoms with Gasteiger partial charge in [0, 0.05) is 0 Å². The number of imide groups is 1. The van der Waals surface area contributed by atoms with E-state index in [1.165, 1.54) is 48.5 Å². The van der Waals surface area contributed by atoms with Crippen LogP contribution in [0.3, 0.4) is 0 Å². The van der Waals surface area contributed by atoms with Gasteiger partial charge in [0.15, 0.2) is 0 Å². The van der Waals surface area contributed by atoms with E-state index in [1.807, 2.05) is 0 Å². The van der Waals surface area contributed by atoms with E-state index in [0.29, 0.717) is 11.3 Å². The lowest BCUT2D eigenvalue weighted by Gasteiger charge is -2.19. The zero-order valence-electron chi connectivity index (χ0n) is 14.0. The van der Waals surface area contributed by atoms with Crippen molar-refractivity contribution >= 4 is 27.5 Å². The fourth-order valence-corrected chi connectivity index (χ4v) is 4.68. The molecule has 2 aromatic rings. The number of hydrogen-bond acceptors (Lipinski definition) is 6. The third-order valence-electron chi connectivity index (χ3n) is 4.55. The van der Waals surface area contributed by atoms with E-state index >= 15 is 0 Å². The van der Waals surface area contributed by atoms with Gasteiger partial charge in [0.2, 0.25) is 6.10 Å². The van der Waals surface area contributed by atoms with Crippen molar-refractivity contribution < 1.29 is 27.2 Å². The number of halogens is 1. The SMILES string of the molecule is CC1C(c2ccc(F)cc2)=NOC1C(=O)N1C(=O)c2ccccc2S1(=O)=O. The molecular formula is C18H13FN2O5S. The van der Waals surface area contributed by atoms with Gasteiger partial charge in [0.1, 0.15) is 10.7 Å². The molecule has 2 unspecified atom stereocenters. The monoisotopic (exact) mass is 388 g/mol. The summed E-state index contributed by atoms with van der Waals surface area (Å²) in [5.41, 5.74) is 0.851. The first-order valence-corrected chi connectivity index (χ1v) is 9.48. The van der Waals surface area contributed by atoms with Gasteiger partial charge < -0.3 is 4.84 Å². The zero-order valence-corrected chi connectivity index (χ0v) is 14.8. The molecule has 0 N–H and O–H groups in total. The number of hydrogen-bond donors (Lipinski definition) is 0. The molecule has 0 saturated heterocycles. The molecule has 2 heterocycles. The van der Waals surface area contributed by atoms with E-state index < -0.39 is 39.7 Å². The second kappa shape index (κ2) is 5.98. The van der Waals surface area contributed by atoms with Gasteiger partial charge in [0.05, 0.1) is 17.2 Å². The summed E-state index contributed by atoms with van der Waals surface area (Å²) in [5, 5.41) is 3.85. The highest BCUT2D eigenvalue weighted by molar-refractivity contribution is 7.90. The molecule has 2 aromatic carbocycles.